The summed E-state index contributed by atoms with van der Waals surface area (Å²) in [6, 6.07) is 5.78. The Hall–Kier alpha value is -2.10. The zero-order valence-corrected chi connectivity index (χ0v) is 11.6. The zero-order chi connectivity index (χ0) is 14.3. The smallest absolute Gasteiger partial charge is 0.254 e. The maximum Gasteiger partial charge on any atom is 0.254 e. The Balaban J connectivity index is 1.88. The van der Waals surface area contributed by atoms with Gasteiger partial charge in [-0.3, -0.25) is 14.5 Å². The van der Waals surface area contributed by atoms with Crippen molar-refractivity contribution >= 4 is 11.8 Å². The molecule has 2 amide bonds. The molecule has 0 spiro atoms. The lowest BCUT2D eigenvalue weighted by Crippen LogP contribution is -2.33. The van der Waals surface area contributed by atoms with Gasteiger partial charge in [-0.1, -0.05) is 6.07 Å². The van der Waals surface area contributed by atoms with E-state index in [0.29, 0.717) is 0 Å². The summed E-state index contributed by atoms with van der Waals surface area (Å²) in [5, 5.41) is 0. The van der Waals surface area contributed by atoms with Gasteiger partial charge in [-0.15, -0.1) is 0 Å². The van der Waals surface area contributed by atoms with Crippen LogP contribution in [0.25, 0.3) is 0 Å². The topological polar surface area (TPSA) is 46.6 Å². The number of carbonyl (C=O) groups excluding carboxylic acids is 2. The fourth-order valence-electron chi connectivity index (χ4n) is 2.90. The molecule has 0 radical (unpaired) electrons. The van der Waals surface area contributed by atoms with E-state index in [1.165, 1.54) is 22.6 Å². The van der Waals surface area contributed by atoms with Crippen LogP contribution in [0, 0.1) is 0 Å². The molecule has 1 aromatic rings. The van der Waals surface area contributed by atoms with Crippen molar-refractivity contribution in [3.63, 3.8) is 0 Å². The lowest BCUT2D eigenvalue weighted by Gasteiger charge is -2.23. The largest absolute Gasteiger partial charge is 0.491 e. The van der Waals surface area contributed by atoms with Crippen molar-refractivity contribution in [2.75, 3.05) is 0 Å². The Labute approximate surface area is 118 Å². The summed E-state index contributed by atoms with van der Waals surface area (Å²) in [5.74, 6) is 0.419. The van der Waals surface area contributed by atoms with Crippen LogP contribution in [0.15, 0.2) is 30.4 Å². The Morgan fingerprint density at radius 1 is 1.20 bits per heavy atom. The number of hydrogen-bond donors (Lipinski definition) is 0. The summed E-state index contributed by atoms with van der Waals surface area (Å²) >= 11 is 0. The lowest BCUT2D eigenvalue weighted by atomic mass is 10.1. The van der Waals surface area contributed by atoms with E-state index in [2.05, 4.69) is 0 Å². The van der Waals surface area contributed by atoms with Gasteiger partial charge in [-0.05, 0) is 49.9 Å². The molecule has 2 aliphatic rings. The first-order valence-electron chi connectivity index (χ1n) is 6.91. The van der Waals surface area contributed by atoms with E-state index in [-0.39, 0.29) is 24.0 Å². The lowest BCUT2D eigenvalue weighted by molar-refractivity contribution is -0.139. The number of benzene rings is 1. The number of rotatable bonds is 3. The van der Waals surface area contributed by atoms with Crippen LogP contribution in [0.2, 0.25) is 0 Å². The van der Waals surface area contributed by atoms with E-state index in [9.17, 15) is 9.59 Å². The molecule has 0 bridgehead atoms. The summed E-state index contributed by atoms with van der Waals surface area (Å²) in [6.45, 7) is 3.98. The molecule has 1 aromatic carbocycles. The van der Waals surface area contributed by atoms with Crippen LogP contribution < -0.4 is 4.74 Å². The van der Waals surface area contributed by atoms with Gasteiger partial charge in [0.05, 0.1) is 12.1 Å². The molecule has 1 atom stereocenters. The first-order chi connectivity index (χ1) is 9.56. The zero-order valence-electron chi connectivity index (χ0n) is 11.6. The molecule has 0 saturated carbocycles. The predicted molar refractivity (Wildman–Crippen MR) is 74.3 cm³/mol. The van der Waals surface area contributed by atoms with Gasteiger partial charge in [0.1, 0.15) is 5.75 Å². The number of amides is 2. The van der Waals surface area contributed by atoms with Crippen molar-refractivity contribution < 1.29 is 14.3 Å². The average Bonchev–Trinajstić information content (AvgIpc) is 2.92. The van der Waals surface area contributed by atoms with Crippen LogP contribution in [-0.2, 0) is 16.0 Å². The van der Waals surface area contributed by atoms with Gasteiger partial charge >= 0.3 is 0 Å². The summed E-state index contributed by atoms with van der Waals surface area (Å²) in [6.07, 6.45) is 4.48. The number of aryl methyl sites for hydroxylation is 1. The summed E-state index contributed by atoms with van der Waals surface area (Å²) in [7, 11) is 0. The maximum atomic E-state index is 11.8. The van der Waals surface area contributed by atoms with E-state index >= 15 is 0 Å². The highest BCUT2D eigenvalue weighted by Crippen LogP contribution is 2.38. The van der Waals surface area contributed by atoms with Gasteiger partial charge in [-0.25, -0.2) is 0 Å². The molecule has 1 aliphatic heterocycles. The van der Waals surface area contributed by atoms with Crippen LogP contribution in [0.3, 0.4) is 0 Å². The molecule has 0 saturated heterocycles. The number of ether oxygens (including phenoxy) is 1. The molecule has 104 valence electrons. The summed E-state index contributed by atoms with van der Waals surface area (Å²) in [4.78, 5) is 24.9. The molecule has 3 rings (SSSR count). The van der Waals surface area contributed by atoms with Crippen molar-refractivity contribution in [3.05, 3.63) is 41.5 Å². The van der Waals surface area contributed by atoms with Gasteiger partial charge in [0.15, 0.2) is 0 Å². The molecule has 0 fully saturated rings. The van der Waals surface area contributed by atoms with E-state index in [4.69, 9.17) is 4.74 Å². The van der Waals surface area contributed by atoms with Crippen LogP contribution in [0.5, 0.6) is 5.75 Å². The molecule has 1 heterocycles. The minimum Gasteiger partial charge on any atom is -0.491 e. The highest BCUT2D eigenvalue weighted by atomic mass is 16.5. The average molecular weight is 271 g/mol. The maximum absolute atomic E-state index is 11.8. The van der Waals surface area contributed by atoms with Crippen molar-refractivity contribution in [2.24, 2.45) is 0 Å². The van der Waals surface area contributed by atoms with E-state index in [1.54, 1.807) is 0 Å². The van der Waals surface area contributed by atoms with Crippen molar-refractivity contribution in [1.29, 1.82) is 0 Å². The molecule has 1 aliphatic carbocycles. The Morgan fingerprint density at radius 2 is 1.90 bits per heavy atom. The van der Waals surface area contributed by atoms with Gasteiger partial charge < -0.3 is 4.74 Å². The summed E-state index contributed by atoms with van der Waals surface area (Å²) < 4.78 is 5.68. The Bertz CT molecular complexity index is 586. The standard InChI is InChI=1S/C16H17NO3/c1-10(2)20-12-4-5-13-11(9-12)3-6-14(13)17-15(18)7-8-16(17)19/h4-5,7-10,14H,3,6H2,1-2H3/t14-/m0/s1. The number of carbonyl (C=O) groups is 2. The normalized spacial score (nSPS) is 20.9. The second-order valence-electron chi connectivity index (χ2n) is 5.46. The Morgan fingerprint density at radius 3 is 2.55 bits per heavy atom. The van der Waals surface area contributed by atoms with Gasteiger partial charge in [0.25, 0.3) is 11.8 Å². The fourth-order valence-corrected chi connectivity index (χ4v) is 2.90. The van der Waals surface area contributed by atoms with Crippen molar-refractivity contribution in [1.82, 2.24) is 4.90 Å². The van der Waals surface area contributed by atoms with Crippen LogP contribution in [-0.4, -0.2) is 22.8 Å². The summed E-state index contributed by atoms with van der Waals surface area (Å²) in [5.41, 5.74) is 2.23. The van der Waals surface area contributed by atoms with E-state index in [0.717, 1.165) is 24.2 Å². The molecular formula is C16H17NO3. The first-order valence-corrected chi connectivity index (χ1v) is 6.91. The molecular weight excluding hydrogens is 254 g/mol. The number of imide groups is 1. The third-order valence-corrected chi connectivity index (χ3v) is 3.69. The second kappa shape index (κ2) is 4.78. The molecule has 0 N–H and O–H groups in total. The van der Waals surface area contributed by atoms with Gasteiger partial charge in [-0.2, -0.15) is 0 Å². The highest BCUT2D eigenvalue weighted by molar-refractivity contribution is 6.13. The second-order valence-corrected chi connectivity index (χ2v) is 5.46. The Kier molecular flexibility index (Phi) is 3.08. The van der Waals surface area contributed by atoms with Gasteiger partial charge in [0, 0.05) is 12.2 Å². The SMILES string of the molecule is CC(C)Oc1ccc2c(c1)CC[C@@H]2N1C(=O)C=CC1=O. The minimum atomic E-state index is -0.213. The van der Waals surface area contributed by atoms with Crippen LogP contribution in [0.4, 0.5) is 0 Å². The molecule has 4 nitrogen and oxygen atoms in total. The van der Waals surface area contributed by atoms with Crippen LogP contribution >= 0.6 is 0 Å². The fraction of sp³-hybridized carbons (Fsp3) is 0.375. The van der Waals surface area contributed by atoms with Crippen LogP contribution in [0.1, 0.15) is 37.4 Å². The minimum absolute atomic E-state index is 0.131. The van der Waals surface area contributed by atoms with Crippen molar-refractivity contribution in [2.45, 2.75) is 38.8 Å². The van der Waals surface area contributed by atoms with E-state index in [1.807, 2.05) is 32.0 Å². The number of hydrogen-bond acceptors (Lipinski definition) is 3. The predicted octanol–water partition coefficient (Wildman–Crippen LogP) is 2.39. The molecule has 20 heavy (non-hydrogen) atoms. The first kappa shape index (κ1) is 12.9. The monoisotopic (exact) mass is 271 g/mol. The third kappa shape index (κ3) is 2.11. The molecule has 0 aromatic heterocycles. The highest BCUT2D eigenvalue weighted by Gasteiger charge is 2.36. The van der Waals surface area contributed by atoms with E-state index < -0.39 is 0 Å². The molecule has 0 unspecified atom stereocenters. The quantitative estimate of drug-likeness (QED) is 0.793. The number of nitrogens with zero attached hydrogens (tertiary/aromatic N) is 1. The van der Waals surface area contributed by atoms with Gasteiger partial charge in [0.2, 0.25) is 0 Å². The number of fused-ring (bicyclic) bond motifs is 1. The molecule has 4 heteroatoms. The third-order valence-electron chi connectivity index (χ3n) is 3.69. The van der Waals surface area contributed by atoms with Crippen molar-refractivity contribution in [3.8, 4) is 5.75 Å².